The Labute approximate surface area is 189 Å². The Bertz CT molecular complexity index is 1420. The molecule has 0 saturated carbocycles. The van der Waals surface area contributed by atoms with Gasteiger partial charge in [-0.25, -0.2) is 0 Å². The fraction of sp³-hybridized carbons (Fsp3) is 0.194. The first kappa shape index (κ1) is 19.3. The first-order valence-corrected chi connectivity index (χ1v) is 11.5. The lowest BCUT2D eigenvalue weighted by Gasteiger charge is -2.34. The lowest BCUT2D eigenvalue weighted by molar-refractivity contribution is 0.444. The Kier molecular flexibility index (Phi) is 4.07. The molecule has 1 aromatic heterocycles. The number of hydrogen-bond acceptors (Lipinski definition) is 1. The number of benzene rings is 4. The molecule has 0 unspecified atom stereocenters. The maximum atomic E-state index is 5.07. The summed E-state index contributed by atoms with van der Waals surface area (Å²) in [5.74, 6) is 0. The molecule has 0 amide bonds. The van der Waals surface area contributed by atoms with E-state index in [0.29, 0.717) is 0 Å². The van der Waals surface area contributed by atoms with Crippen LogP contribution in [-0.4, -0.2) is 4.98 Å². The van der Waals surface area contributed by atoms with Crippen LogP contribution in [-0.2, 0) is 10.8 Å². The quantitative estimate of drug-likeness (QED) is 0.270. The van der Waals surface area contributed by atoms with Gasteiger partial charge in [0.25, 0.3) is 0 Å². The summed E-state index contributed by atoms with van der Waals surface area (Å²) < 4.78 is 0. The van der Waals surface area contributed by atoms with Crippen molar-refractivity contribution in [3.8, 4) is 0 Å². The topological polar surface area (TPSA) is 12.9 Å². The molecule has 0 aliphatic heterocycles. The molecule has 0 spiro atoms. The number of pyridine rings is 1. The minimum absolute atomic E-state index is 0.0156. The molecule has 32 heavy (non-hydrogen) atoms. The zero-order valence-electron chi connectivity index (χ0n) is 18.9. The van der Waals surface area contributed by atoms with Crippen molar-refractivity contribution in [1.82, 2.24) is 4.98 Å². The van der Waals surface area contributed by atoms with Gasteiger partial charge in [0.05, 0.1) is 5.52 Å². The Morgan fingerprint density at radius 2 is 1.25 bits per heavy atom. The molecule has 0 atom stereocenters. The molecule has 1 aliphatic carbocycles. The van der Waals surface area contributed by atoms with E-state index in [1.807, 2.05) is 0 Å². The summed E-state index contributed by atoms with van der Waals surface area (Å²) in [7, 11) is 0. The molecular weight excluding hydrogens is 386 g/mol. The van der Waals surface area contributed by atoms with Crippen molar-refractivity contribution in [2.75, 3.05) is 0 Å². The van der Waals surface area contributed by atoms with E-state index in [0.717, 1.165) is 11.9 Å². The minimum atomic E-state index is -0.211. The standard InChI is InChI=1S/C31H27N/c1-21-18-26-28-27(19-32-29(26)25-17-11-10-16-24(21)25)30(2,3)20-31(28,22-12-6-4-7-13-22)23-14-8-5-9-15-23/h4-19H,20H2,1-3H3. The maximum absolute atomic E-state index is 5.07. The molecule has 6 rings (SSSR count). The van der Waals surface area contributed by atoms with Crippen molar-refractivity contribution < 1.29 is 0 Å². The van der Waals surface area contributed by atoms with Crippen LogP contribution < -0.4 is 0 Å². The van der Waals surface area contributed by atoms with Crippen LogP contribution >= 0.6 is 0 Å². The summed E-state index contributed by atoms with van der Waals surface area (Å²) in [5, 5.41) is 3.82. The molecule has 0 fully saturated rings. The van der Waals surface area contributed by atoms with Crippen molar-refractivity contribution in [2.45, 2.75) is 38.0 Å². The van der Waals surface area contributed by atoms with Gasteiger partial charge in [-0.2, -0.15) is 0 Å². The van der Waals surface area contributed by atoms with Crippen LogP contribution in [0.2, 0.25) is 0 Å². The second kappa shape index (κ2) is 6.77. The first-order valence-electron chi connectivity index (χ1n) is 11.5. The largest absolute Gasteiger partial charge is 0.255 e. The van der Waals surface area contributed by atoms with Crippen molar-refractivity contribution in [3.63, 3.8) is 0 Å². The molecule has 5 aromatic rings. The van der Waals surface area contributed by atoms with Crippen LogP contribution in [0.3, 0.4) is 0 Å². The highest BCUT2D eigenvalue weighted by molar-refractivity contribution is 6.08. The lowest BCUT2D eigenvalue weighted by Crippen LogP contribution is -2.29. The SMILES string of the molecule is Cc1cc2c3c(cnc2c2ccccc12)C(C)(C)CC3(c1ccccc1)c1ccccc1. The summed E-state index contributed by atoms with van der Waals surface area (Å²) in [6.07, 6.45) is 3.18. The van der Waals surface area contributed by atoms with E-state index in [1.54, 1.807) is 0 Å². The molecule has 1 heterocycles. The number of rotatable bonds is 2. The highest BCUT2D eigenvalue weighted by Gasteiger charge is 2.51. The van der Waals surface area contributed by atoms with E-state index < -0.39 is 0 Å². The Morgan fingerprint density at radius 3 is 1.88 bits per heavy atom. The highest BCUT2D eigenvalue weighted by Crippen LogP contribution is 2.58. The normalized spacial score (nSPS) is 16.3. The predicted molar refractivity (Wildman–Crippen MR) is 134 cm³/mol. The third-order valence-electron chi connectivity index (χ3n) is 7.48. The van der Waals surface area contributed by atoms with E-state index in [1.165, 1.54) is 44.0 Å². The third kappa shape index (κ3) is 2.54. The average molecular weight is 414 g/mol. The van der Waals surface area contributed by atoms with E-state index in [-0.39, 0.29) is 10.8 Å². The smallest absolute Gasteiger partial charge is 0.0783 e. The third-order valence-corrected chi connectivity index (χ3v) is 7.48. The fourth-order valence-electron chi connectivity index (χ4n) is 6.13. The van der Waals surface area contributed by atoms with E-state index in [2.05, 4.69) is 118 Å². The second-order valence-corrected chi connectivity index (χ2v) is 9.88. The minimum Gasteiger partial charge on any atom is -0.255 e. The molecule has 0 saturated heterocycles. The summed E-state index contributed by atoms with van der Waals surface area (Å²) >= 11 is 0. The van der Waals surface area contributed by atoms with Gasteiger partial charge in [0, 0.05) is 22.4 Å². The Balaban J connectivity index is 1.83. The van der Waals surface area contributed by atoms with Gasteiger partial charge in [-0.1, -0.05) is 98.8 Å². The van der Waals surface area contributed by atoms with Crippen molar-refractivity contribution in [1.29, 1.82) is 0 Å². The molecule has 0 N–H and O–H groups in total. The number of aryl methyl sites for hydroxylation is 1. The Morgan fingerprint density at radius 1 is 0.688 bits per heavy atom. The molecule has 0 radical (unpaired) electrons. The highest BCUT2D eigenvalue weighted by atomic mass is 14.7. The maximum Gasteiger partial charge on any atom is 0.0783 e. The van der Waals surface area contributed by atoms with Gasteiger partial charge >= 0.3 is 0 Å². The van der Waals surface area contributed by atoms with Gasteiger partial charge in [-0.05, 0) is 58.0 Å². The zero-order valence-corrected chi connectivity index (χ0v) is 18.9. The van der Waals surface area contributed by atoms with Crippen LogP contribution in [0.5, 0.6) is 0 Å². The van der Waals surface area contributed by atoms with Crippen LogP contribution in [0.15, 0.2) is 97.2 Å². The lowest BCUT2D eigenvalue weighted by atomic mass is 9.68. The van der Waals surface area contributed by atoms with E-state index >= 15 is 0 Å². The summed E-state index contributed by atoms with van der Waals surface area (Å²) in [6, 6.07) is 33.2. The number of hydrogen-bond donors (Lipinski definition) is 0. The molecule has 156 valence electrons. The first-order chi connectivity index (χ1) is 15.5. The van der Waals surface area contributed by atoms with Crippen LogP contribution in [0.4, 0.5) is 0 Å². The molecule has 4 aromatic carbocycles. The van der Waals surface area contributed by atoms with E-state index in [4.69, 9.17) is 4.98 Å². The van der Waals surface area contributed by atoms with Crippen LogP contribution in [0, 0.1) is 6.92 Å². The predicted octanol–water partition coefficient (Wildman–Crippen LogP) is 7.71. The molecule has 1 aliphatic rings. The van der Waals surface area contributed by atoms with E-state index in [9.17, 15) is 0 Å². The molecular formula is C31H27N. The van der Waals surface area contributed by atoms with Crippen molar-refractivity contribution in [3.05, 3.63) is 125 Å². The van der Waals surface area contributed by atoms with Crippen LogP contribution in [0.25, 0.3) is 21.7 Å². The average Bonchev–Trinajstić information content (AvgIpc) is 3.09. The van der Waals surface area contributed by atoms with Gasteiger partial charge in [-0.15, -0.1) is 0 Å². The van der Waals surface area contributed by atoms with Crippen molar-refractivity contribution >= 4 is 21.7 Å². The summed E-state index contributed by atoms with van der Waals surface area (Å²) in [4.78, 5) is 5.07. The van der Waals surface area contributed by atoms with Gasteiger partial charge in [0.15, 0.2) is 0 Å². The summed E-state index contributed by atoms with van der Waals surface area (Å²) in [5.41, 5.74) is 7.74. The molecule has 1 nitrogen and oxygen atoms in total. The number of fused-ring (bicyclic) bond motifs is 5. The van der Waals surface area contributed by atoms with Gasteiger partial charge in [0.1, 0.15) is 0 Å². The monoisotopic (exact) mass is 413 g/mol. The molecule has 0 bridgehead atoms. The van der Waals surface area contributed by atoms with Crippen LogP contribution in [0.1, 0.15) is 48.1 Å². The van der Waals surface area contributed by atoms with Crippen molar-refractivity contribution in [2.24, 2.45) is 0 Å². The number of nitrogens with zero attached hydrogens (tertiary/aromatic N) is 1. The summed E-state index contributed by atoms with van der Waals surface area (Å²) in [6.45, 7) is 6.98. The molecule has 1 heteroatoms. The van der Waals surface area contributed by atoms with Gasteiger partial charge in [0.2, 0.25) is 0 Å². The van der Waals surface area contributed by atoms with Gasteiger partial charge in [-0.3, -0.25) is 4.98 Å². The second-order valence-electron chi connectivity index (χ2n) is 9.88. The fourth-order valence-corrected chi connectivity index (χ4v) is 6.13. The van der Waals surface area contributed by atoms with Gasteiger partial charge < -0.3 is 0 Å². The zero-order chi connectivity index (χ0) is 21.9. The number of aromatic nitrogens is 1. The Hall–Kier alpha value is -3.45.